The lowest BCUT2D eigenvalue weighted by Gasteiger charge is -2.32. The molecule has 0 aliphatic heterocycles. The van der Waals surface area contributed by atoms with Gasteiger partial charge >= 0.3 is 0 Å². The van der Waals surface area contributed by atoms with Gasteiger partial charge in [-0.15, -0.1) is 12.4 Å². The van der Waals surface area contributed by atoms with Gasteiger partial charge in [-0.1, -0.05) is 95.7 Å². The maximum absolute atomic E-state index is 12.9. The quantitative estimate of drug-likeness (QED) is 0.269. The van der Waals surface area contributed by atoms with Gasteiger partial charge in [0.05, 0.1) is 6.10 Å². The zero-order chi connectivity index (χ0) is 24.3. The molecule has 35 heavy (non-hydrogen) atoms. The molecule has 1 aliphatic carbocycles. The topological polar surface area (TPSA) is 61.4 Å². The Morgan fingerprint density at radius 3 is 2.46 bits per heavy atom. The monoisotopic (exact) mass is 502 g/mol. The summed E-state index contributed by atoms with van der Waals surface area (Å²) < 4.78 is 0. The molecule has 2 aromatic carbocycles. The van der Waals surface area contributed by atoms with E-state index in [0.29, 0.717) is 12.3 Å². The number of benzene rings is 2. The maximum atomic E-state index is 12.9. The van der Waals surface area contributed by atoms with Crippen molar-refractivity contribution in [3.8, 4) is 0 Å². The molecule has 196 valence electrons. The SMILES string of the molecule is CCCCNC(=O)C(CC(O)C(CC1CCCCC1)NCc1ccc2ccccc2c1)C(C)C.Cl. The second kappa shape index (κ2) is 15.5. The second-order valence-corrected chi connectivity index (χ2v) is 10.7. The summed E-state index contributed by atoms with van der Waals surface area (Å²) in [4.78, 5) is 12.9. The summed E-state index contributed by atoms with van der Waals surface area (Å²) in [5.74, 6) is 0.789. The number of carbonyl (C=O) groups is 1. The summed E-state index contributed by atoms with van der Waals surface area (Å²) in [5.41, 5.74) is 1.23. The Morgan fingerprint density at radius 1 is 1.06 bits per heavy atom. The van der Waals surface area contributed by atoms with Crippen LogP contribution in [0.4, 0.5) is 0 Å². The first-order valence-electron chi connectivity index (χ1n) is 13.6. The fourth-order valence-corrected chi connectivity index (χ4v) is 5.38. The van der Waals surface area contributed by atoms with Gasteiger partial charge < -0.3 is 15.7 Å². The standard InChI is InChI=1S/C30H46N2O2.ClH/c1-4-5-17-31-30(34)27(22(2)3)20-29(33)28(19-23-11-7-6-8-12-23)32-21-24-15-16-25-13-9-10-14-26(25)18-24;/h9-10,13-16,18,22-23,27-29,32-33H,4-8,11-12,17,19-21H2,1-3H3,(H,31,34);1H. The molecule has 0 aromatic heterocycles. The van der Waals surface area contributed by atoms with Gasteiger partial charge in [-0.3, -0.25) is 4.79 Å². The first-order chi connectivity index (χ1) is 16.5. The molecule has 5 heteroatoms. The molecule has 3 rings (SSSR count). The molecule has 4 nitrogen and oxygen atoms in total. The zero-order valence-corrected chi connectivity index (χ0v) is 22.8. The van der Waals surface area contributed by atoms with Gasteiger partial charge in [0, 0.05) is 25.0 Å². The summed E-state index contributed by atoms with van der Waals surface area (Å²) in [6, 6.07) is 15.0. The van der Waals surface area contributed by atoms with Crippen molar-refractivity contribution in [2.75, 3.05) is 6.54 Å². The Hall–Kier alpha value is -1.62. The maximum Gasteiger partial charge on any atom is 0.223 e. The Kier molecular flexibility index (Phi) is 13.1. The number of carbonyl (C=O) groups excluding carboxylic acids is 1. The van der Waals surface area contributed by atoms with E-state index in [9.17, 15) is 9.90 Å². The first kappa shape index (κ1) is 29.6. The number of amides is 1. The number of fused-ring (bicyclic) bond motifs is 1. The number of halogens is 1. The Labute approximate surface area is 219 Å². The lowest BCUT2D eigenvalue weighted by atomic mass is 9.81. The summed E-state index contributed by atoms with van der Waals surface area (Å²) in [5, 5.41) is 20.7. The summed E-state index contributed by atoms with van der Waals surface area (Å²) in [6.45, 7) is 7.77. The lowest BCUT2D eigenvalue weighted by molar-refractivity contribution is -0.127. The summed E-state index contributed by atoms with van der Waals surface area (Å²) in [7, 11) is 0. The minimum absolute atomic E-state index is 0. The fraction of sp³-hybridized carbons (Fsp3) is 0.633. The molecular weight excluding hydrogens is 456 g/mol. The van der Waals surface area contributed by atoms with Crippen LogP contribution in [-0.4, -0.2) is 29.7 Å². The molecule has 1 saturated carbocycles. The number of rotatable bonds is 13. The van der Waals surface area contributed by atoms with E-state index < -0.39 is 6.10 Å². The van der Waals surface area contributed by atoms with Crippen LogP contribution < -0.4 is 10.6 Å². The molecule has 0 saturated heterocycles. The number of hydrogen-bond donors (Lipinski definition) is 3. The van der Waals surface area contributed by atoms with Gasteiger partial charge in [0.2, 0.25) is 5.91 Å². The van der Waals surface area contributed by atoms with Crippen LogP contribution in [0.2, 0.25) is 0 Å². The van der Waals surface area contributed by atoms with Crippen molar-refractivity contribution >= 4 is 29.1 Å². The minimum Gasteiger partial charge on any atom is -0.391 e. The number of hydrogen-bond acceptors (Lipinski definition) is 3. The summed E-state index contributed by atoms with van der Waals surface area (Å²) in [6.07, 6.45) is 9.47. The van der Waals surface area contributed by atoms with Gasteiger partial charge in [0.1, 0.15) is 0 Å². The van der Waals surface area contributed by atoms with Crippen LogP contribution in [0.3, 0.4) is 0 Å². The van der Waals surface area contributed by atoms with Gasteiger partial charge in [-0.05, 0) is 53.5 Å². The molecule has 0 radical (unpaired) electrons. The highest BCUT2D eigenvalue weighted by molar-refractivity contribution is 5.85. The van der Waals surface area contributed by atoms with Crippen molar-refractivity contribution in [2.45, 2.75) is 97.2 Å². The van der Waals surface area contributed by atoms with Crippen molar-refractivity contribution < 1.29 is 9.90 Å². The Balaban J connectivity index is 0.00000432. The molecule has 0 bridgehead atoms. The fourth-order valence-electron chi connectivity index (χ4n) is 5.38. The second-order valence-electron chi connectivity index (χ2n) is 10.7. The normalized spacial score (nSPS) is 17.1. The van der Waals surface area contributed by atoms with Crippen LogP contribution in [0.15, 0.2) is 42.5 Å². The molecule has 3 unspecified atom stereocenters. The Bertz CT molecular complexity index is 882. The lowest BCUT2D eigenvalue weighted by Crippen LogP contribution is -2.45. The number of aliphatic hydroxyl groups is 1. The molecule has 2 aromatic rings. The van der Waals surface area contributed by atoms with Crippen LogP contribution in [0, 0.1) is 17.8 Å². The highest BCUT2D eigenvalue weighted by Gasteiger charge is 2.30. The molecule has 0 heterocycles. The third kappa shape index (κ3) is 9.40. The van der Waals surface area contributed by atoms with E-state index >= 15 is 0 Å². The molecule has 1 aliphatic rings. The van der Waals surface area contributed by atoms with Crippen LogP contribution in [0.1, 0.15) is 84.1 Å². The van der Waals surface area contributed by atoms with Crippen LogP contribution in [0.5, 0.6) is 0 Å². The van der Waals surface area contributed by atoms with Crippen molar-refractivity contribution in [1.29, 1.82) is 0 Å². The van der Waals surface area contributed by atoms with Crippen LogP contribution >= 0.6 is 12.4 Å². The van der Waals surface area contributed by atoms with Crippen LogP contribution in [0.25, 0.3) is 10.8 Å². The highest BCUT2D eigenvalue weighted by Crippen LogP contribution is 2.30. The zero-order valence-electron chi connectivity index (χ0n) is 22.0. The Morgan fingerprint density at radius 2 is 1.77 bits per heavy atom. The average Bonchev–Trinajstić information content (AvgIpc) is 2.85. The molecule has 3 atom stereocenters. The molecule has 0 spiro atoms. The van der Waals surface area contributed by atoms with E-state index in [2.05, 4.69) is 73.9 Å². The smallest absolute Gasteiger partial charge is 0.223 e. The first-order valence-corrected chi connectivity index (χ1v) is 13.6. The van der Waals surface area contributed by atoms with E-state index in [4.69, 9.17) is 0 Å². The number of unbranched alkanes of at least 4 members (excludes halogenated alkanes) is 1. The predicted octanol–water partition coefficient (Wildman–Crippen LogP) is 6.63. The molecule has 3 N–H and O–H groups in total. The third-order valence-electron chi connectivity index (χ3n) is 7.63. The van der Waals surface area contributed by atoms with Gasteiger partial charge in [0.15, 0.2) is 0 Å². The predicted molar refractivity (Wildman–Crippen MR) is 150 cm³/mol. The third-order valence-corrected chi connectivity index (χ3v) is 7.63. The van der Waals surface area contributed by atoms with E-state index in [0.717, 1.165) is 32.4 Å². The number of aliphatic hydroxyl groups excluding tert-OH is 1. The van der Waals surface area contributed by atoms with Gasteiger partial charge in [-0.25, -0.2) is 0 Å². The minimum atomic E-state index is -0.535. The molecule has 1 amide bonds. The van der Waals surface area contributed by atoms with Crippen molar-refractivity contribution in [1.82, 2.24) is 10.6 Å². The summed E-state index contributed by atoms with van der Waals surface area (Å²) >= 11 is 0. The van der Waals surface area contributed by atoms with Crippen molar-refractivity contribution in [3.05, 3.63) is 48.0 Å². The molecular formula is C30H47ClN2O2. The van der Waals surface area contributed by atoms with E-state index in [1.165, 1.54) is 48.4 Å². The number of nitrogens with one attached hydrogen (secondary N) is 2. The van der Waals surface area contributed by atoms with E-state index in [1.54, 1.807) is 0 Å². The van der Waals surface area contributed by atoms with E-state index in [1.807, 2.05) is 0 Å². The average molecular weight is 503 g/mol. The van der Waals surface area contributed by atoms with Gasteiger partial charge in [0.25, 0.3) is 0 Å². The van der Waals surface area contributed by atoms with Crippen LogP contribution in [-0.2, 0) is 11.3 Å². The van der Waals surface area contributed by atoms with Gasteiger partial charge in [-0.2, -0.15) is 0 Å². The van der Waals surface area contributed by atoms with Crippen molar-refractivity contribution in [2.24, 2.45) is 17.8 Å². The largest absolute Gasteiger partial charge is 0.391 e. The highest BCUT2D eigenvalue weighted by atomic mass is 35.5. The van der Waals surface area contributed by atoms with Crippen molar-refractivity contribution in [3.63, 3.8) is 0 Å². The van der Waals surface area contributed by atoms with E-state index in [-0.39, 0.29) is 36.2 Å². The molecule has 1 fully saturated rings.